The maximum absolute atomic E-state index is 12.6. The highest BCUT2D eigenvalue weighted by molar-refractivity contribution is 6.11. The molecule has 1 amide bonds. The minimum atomic E-state index is -1.30. The maximum Gasteiger partial charge on any atom is 0.356 e. The fourth-order valence-corrected chi connectivity index (χ4v) is 3.09. The Morgan fingerprint density at radius 2 is 1.68 bits per heavy atom. The fraction of sp³-hybridized carbons (Fsp3) is 0.0476. The van der Waals surface area contributed by atoms with Crippen molar-refractivity contribution in [2.75, 3.05) is 5.32 Å². The molecule has 0 saturated carbocycles. The first-order valence-corrected chi connectivity index (χ1v) is 8.61. The van der Waals surface area contributed by atoms with E-state index in [0.29, 0.717) is 12.2 Å². The molecule has 7 heteroatoms. The molecule has 7 nitrogen and oxygen atoms in total. The number of rotatable bonds is 5. The number of benzene rings is 2. The number of carboxylic acid groups (broad SMARTS) is 1. The second kappa shape index (κ2) is 7.32. The van der Waals surface area contributed by atoms with Crippen molar-refractivity contribution in [1.29, 1.82) is 0 Å². The van der Waals surface area contributed by atoms with Gasteiger partial charge in [0, 0.05) is 30.5 Å². The van der Waals surface area contributed by atoms with E-state index in [0.717, 1.165) is 10.9 Å². The molecule has 4 rings (SSSR count). The van der Waals surface area contributed by atoms with Crippen LogP contribution < -0.4 is 5.32 Å². The number of hydrogen-bond donors (Lipinski definition) is 2. The third kappa shape index (κ3) is 3.33. The van der Waals surface area contributed by atoms with Gasteiger partial charge in [-0.1, -0.05) is 36.4 Å². The Morgan fingerprint density at radius 3 is 2.43 bits per heavy atom. The van der Waals surface area contributed by atoms with E-state index in [-0.39, 0.29) is 11.4 Å². The van der Waals surface area contributed by atoms with E-state index in [2.05, 4.69) is 32.0 Å². The van der Waals surface area contributed by atoms with Crippen molar-refractivity contribution in [3.8, 4) is 0 Å². The molecule has 0 unspecified atom stereocenters. The number of amides is 1. The van der Waals surface area contributed by atoms with Crippen LogP contribution in [0.5, 0.6) is 0 Å². The zero-order valence-corrected chi connectivity index (χ0v) is 14.7. The monoisotopic (exact) mass is 372 g/mol. The van der Waals surface area contributed by atoms with Gasteiger partial charge in [0.15, 0.2) is 11.4 Å². The van der Waals surface area contributed by atoms with Crippen LogP contribution >= 0.6 is 0 Å². The van der Waals surface area contributed by atoms with E-state index in [1.807, 2.05) is 42.6 Å². The molecule has 0 aliphatic carbocycles. The molecule has 4 aromatic rings. The number of carbonyl (C=O) groups excluding carboxylic acids is 1. The molecule has 0 aliphatic rings. The molecular weight excluding hydrogens is 356 g/mol. The number of aromatic nitrogens is 3. The molecule has 2 N–H and O–H groups in total. The highest BCUT2D eigenvalue weighted by Crippen LogP contribution is 2.26. The summed E-state index contributed by atoms with van der Waals surface area (Å²) in [6, 6.07) is 17.6. The van der Waals surface area contributed by atoms with E-state index in [4.69, 9.17) is 0 Å². The Hall–Kier alpha value is -4.00. The van der Waals surface area contributed by atoms with E-state index in [1.165, 1.54) is 18.0 Å². The summed E-state index contributed by atoms with van der Waals surface area (Å²) >= 11 is 0. The lowest BCUT2D eigenvalue weighted by atomic mass is 10.2. The lowest BCUT2D eigenvalue weighted by Crippen LogP contribution is -2.19. The SMILES string of the molecule is O=C(O)c1nccnc1C(=O)Nc1cccc2c1ccn2Cc1ccccc1. The van der Waals surface area contributed by atoms with E-state index in [9.17, 15) is 14.7 Å². The number of anilines is 1. The van der Waals surface area contributed by atoms with Crippen LogP contribution in [-0.4, -0.2) is 31.5 Å². The van der Waals surface area contributed by atoms with Crippen molar-refractivity contribution in [1.82, 2.24) is 14.5 Å². The standard InChI is InChI=1S/C21H16N4O3/c26-20(18-19(21(27)28)23-11-10-22-18)24-16-7-4-8-17-15(16)9-12-25(17)13-14-5-2-1-3-6-14/h1-12H,13H2,(H,24,26)(H,27,28). The van der Waals surface area contributed by atoms with Gasteiger partial charge in [-0.25, -0.2) is 14.8 Å². The average Bonchev–Trinajstić information content (AvgIpc) is 3.12. The average molecular weight is 372 g/mol. The van der Waals surface area contributed by atoms with Crippen LogP contribution in [-0.2, 0) is 6.54 Å². The second-order valence-electron chi connectivity index (χ2n) is 6.18. The van der Waals surface area contributed by atoms with Crippen LogP contribution in [0.2, 0.25) is 0 Å². The van der Waals surface area contributed by atoms with Crippen LogP contribution in [0.3, 0.4) is 0 Å². The molecule has 0 fully saturated rings. The van der Waals surface area contributed by atoms with Gasteiger partial charge in [-0.2, -0.15) is 0 Å². The zero-order valence-electron chi connectivity index (χ0n) is 14.7. The Bertz CT molecular complexity index is 1170. The smallest absolute Gasteiger partial charge is 0.356 e. The predicted octanol–water partition coefficient (Wildman–Crippen LogP) is 3.43. The highest BCUT2D eigenvalue weighted by Gasteiger charge is 2.20. The van der Waals surface area contributed by atoms with Gasteiger partial charge in [-0.3, -0.25) is 4.79 Å². The van der Waals surface area contributed by atoms with Gasteiger partial charge in [-0.05, 0) is 23.8 Å². The minimum Gasteiger partial charge on any atom is -0.476 e. The normalized spacial score (nSPS) is 10.7. The molecule has 2 aromatic carbocycles. The number of fused-ring (bicyclic) bond motifs is 1. The van der Waals surface area contributed by atoms with Crippen molar-refractivity contribution >= 4 is 28.5 Å². The summed E-state index contributed by atoms with van der Waals surface area (Å²) in [7, 11) is 0. The van der Waals surface area contributed by atoms with Crippen molar-refractivity contribution < 1.29 is 14.7 Å². The maximum atomic E-state index is 12.6. The summed E-state index contributed by atoms with van der Waals surface area (Å²) in [6.45, 7) is 0.703. The molecule has 138 valence electrons. The minimum absolute atomic E-state index is 0.226. The fourth-order valence-electron chi connectivity index (χ4n) is 3.09. The molecule has 2 aromatic heterocycles. The molecule has 0 aliphatic heterocycles. The van der Waals surface area contributed by atoms with Crippen LogP contribution in [0.15, 0.2) is 73.2 Å². The van der Waals surface area contributed by atoms with Gasteiger partial charge >= 0.3 is 5.97 Å². The summed E-state index contributed by atoms with van der Waals surface area (Å²) < 4.78 is 2.09. The molecule has 0 radical (unpaired) electrons. The van der Waals surface area contributed by atoms with Crippen molar-refractivity contribution in [2.24, 2.45) is 0 Å². The Kier molecular flexibility index (Phi) is 4.55. The van der Waals surface area contributed by atoms with Crippen LogP contribution in [0.1, 0.15) is 26.5 Å². The molecule has 0 spiro atoms. The van der Waals surface area contributed by atoms with E-state index in [1.54, 1.807) is 6.07 Å². The van der Waals surface area contributed by atoms with Gasteiger partial charge in [0.25, 0.3) is 5.91 Å². The number of aromatic carboxylic acids is 1. The van der Waals surface area contributed by atoms with Gasteiger partial charge < -0.3 is 15.0 Å². The third-order valence-electron chi connectivity index (χ3n) is 4.37. The Balaban J connectivity index is 1.65. The van der Waals surface area contributed by atoms with Crippen molar-refractivity contribution in [2.45, 2.75) is 6.54 Å². The third-order valence-corrected chi connectivity index (χ3v) is 4.37. The van der Waals surface area contributed by atoms with Crippen molar-refractivity contribution in [3.05, 3.63) is 90.1 Å². The molecular formula is C21H16N4O3. The van der Waals surface area contributed by atoms with Gasteiger partial charge in [0.05, 0.1) is 11.2 Å². The Morgan fingerprint density at radius 1 is 0.929 bits per heavy atom. The van der Waals surface area contributed by atoms with Crippen LogP contribution in [0, 0.1) is 0 Å². The number of nitrogens with zero attached hydrogens (tertiary/aromatic N) is 3. The number of nitrogens with one attached hydrogen (secondary N) is 1. The summed E-state index contributed by atoms with van der Waals surface area (Å²) in [4.78, 5) is 31.5. The predicted molar refractivity (Wildman–Crippen MR) is 104 cm³/mol. The summed E-state index contributed by atoms with van der Waals surface area (Å²) in [5.74, 6) is -1.92. The number of hydrogen-bond acceptors (Lipinski definition) is 4. The van der Waals surface area contributed by atoms with Crippen LogP contribution in [0.25, 0.3) is 10.9 Å². The van der Waals surface area contributed by atoms with Gasteiger partial charge in [0.2, 0.25) is 0 Å². The molecule has 0 saturated heterocycles. The first-order valence-electron chi connectivity index (χ1n) is 8.61. The lowest BCUT2D eigenvalue weighted by molar-refractivity contribution is 0.0685. The largest absolute Gasteiger partial charge is 0.476 e. The van der Waals surface area contributed by atoms with E-state index < -0.39 is 11.9 Å². The van der Waals surface area contributed by atoms with Crippen LogP contribution in [0.4, 0.5) is 5.69 Å². The molecule has 0 bridgehead atoms. The van der Waals surface area contributed by atoms with Gasteiger partial charge in [0.1, 0.15) is 0 Å². The van der Waals surface area contributed by atoms with E-state index >= 15 is 0 Å². The first kappa shape index (κ1) is 17.4. The summed E-state index contributed by atoms with van der Waals surface area (Å²) in [6.07, 6.45) is 4.49. The van der Waals surface area contributed by atoms with Crippen molar-refractivity contribution in [3.63, 3.8) is 0 Å². The zero-order chi connectivity index (χ0) is 19.5. The highest BCUT2D eigenvalue weighted by atomic mass is 16.4. The molecule has 28 heavy (non-hydrogen) atoms. The molecule has 0 atom stereocenters. The van der Waals surface area contributed by atoms with Gasteiger partial charge in [-0.15, -0.1) is 0 Å². The summed E-state index contributed by atoms with van der Waals surface area (Å²) in [5.41, 5.74) is 2.10. The number of carbonyl (C=O) groups is 2. The molecule has 2 heterocycles. The quantitative estimate of drug-likeness (QED) is 0.559. The summed E-state index contributed by atoms with van der Waals surface area (Å²) in [5, 5.41) is 12.8. The first-order chi connectivity index (χ1) is 13.6. The second-order valence-corrected chi connectivity index (χ2v) is 6.18. The lowest BCUT2D eigenvalue weighted by Gasteiger charge is -2.09. The Labute approximate surface area is 160 Å². The number of carboxylic acids is 1. The topological polar surface area (TPSA) is 97.1 Å².